The molecule has 0 aromatic carbocycles. The molecule has 0 aliphatic heterocycles. The van der Waals surface area contributed by atoms with E-state index < -0.39 is 0 Å². The van der Waals surface area contributed by atoms with Crippen LogP contribution >= 0.6 is 0 Å². The first-order chi connectivity index (χ1) is 4.31. The third kappa shape index (κ3) is 11.2. The Morgan fingerprint density at radius 2 is 1.89 bits per heavy atom. The lowest BCUT2D eigenvalue weighted by atomic mass is 10.2. The molecule has 54 valence electrons. The van der Waals surface area contributed by atoms with E-state index in [0.717, 1.165) is 6.42 Å². The Morgan fingerprint density at radius 3 is 2.00 bits per heavy atom. The average Bonchev–Trinajstić information content (AvgIpc) is 1.93. The smallest absolute Gasteiger partial charge is 0.0250 e. The molecule has 0 radical (unpaired) electrons. The van der Waals surface area contributed by atoms with Crippen molar-refractivity contribution in [3.05, 3.63) is 17.9 Å². The third-order valence-electron chi connectivity index (χ3n) is 0.927. The van der Waals surface area contributed by atoms with Crippen LogP contribution in [0, 0.1) is 0 Å². The highest BCUT2D eigenvalue weighted by molar-refractivity contribution is 4.92. The zero-order valence-electron chi connectivity index (χ0n) is 7.12. The summed E-state index contributed by atoms with van der Waals surface area (Å²) in [6, 6.07) is 0. The van der Waals surface area contributed by atoms with Crippen molar-refractivity contribution in [3.63, 3.8) is 0 Å². The molecule has 0 amide bonds. The Balaban J connectivity index is 0. The van der Waals surface area contributed by atoms with Crippen molar-refractivity contribution >= 4 is 0 Å². The summed E-state index contributed by atoms with van der Waals surface area (Å²) < 4.78 is 0. The lowest BCUT2D eigenvalue weighted by molar-refractivity contribution is 0.908. The van der Waals surface area contributed by atoms with Gasteiger partial charge in [0, 0.05) is 0 Å². The van der Waals surface area contributed by atoms with E-state index >= 15 is 0 Å². The summed E-state index contributed by atoms with van der Waals surface area (Å²) in [5.74, 6) is 0. The monoisotopic (exact) mass is 126 g/mol. The van der Waals surface area contributed by atoms with E-state index in [1.807, 2.05) is 13.8 Å². The molecule has 9 heavy (non-hydrogen) atoms. The summed E-state index contributed by atoms with van der Waals surface area (Å²) in [5, 5.41) is 0. The molecular formula is C9H18. The van der Waals surface area contributed by atoms with E-state index in [2.05, 4.69) is 26.2 Å². The van der Waals surface area contributed by atoms with E-state index in [4.69, 9.17) is 0 Å². The van der Waals surface area contributed by atoms with Crippen LogP contribution in [0.3, 0.4) is 0 Å². The van der Waals surface area contributed by atoms with Gasteiger partial charge < -0.3 is 0 Å². The maximum atomic E-state index is 3.52. The molecule has 0 aromatic rings. The highest BCUT2D eigenvalue weighted by Crippen LogP contribution is 1.98. The largest absolute Gasteiger partial charge is 0.130 e. The molecule has 0 saturated carbocycles. The minimum absolute atomic E-state index is 1.14. The molecule has 0 fully saturated rings. The molecule has 0 nitrogen and oxygen atoms in total. The van der Waals surface area contributed by atoms with Crippen molar-refractivity contribution in [2.45, 2.75) is 40.5 Å². The first-order valence-corrected chi connectivity index (χ1v) is 3.66. The minimum atomic E-state index is 1.14. The molecule has 0 aliphatic rings. The van der Waals surface area contributed by atoms with Gasteiger partial charge in [0.15, 0.2) is 0 Å². The van der Waals surface area contributed by atoms with Gasteiger partial charge in [0.1, 0.15) is 0 Å². The standard InChI is InChI=1S/C7H12.C2H6/c1-4-6-7(3)5-2;1-2/h2,4,6H2,1,3H3;1-2H3. The van der Waals surface area contributed by atoms with Crippen LogP contribution in [0.5, 0.6) is 0 Å². The summed E-state index contributed by atoms with van der Waals surface area (Å²) in [6.45, 7) is 11.7. The lowest BCUT2D eigenvalue weighted by Crippen LogP contribution is -1.68. The minimum Gasteiger partial charge on any atom is -0.130 e. The summed E-state index contributed by atoms with van der Waals surface area (Å²) in [4.78, 5) is 0. The van der Waals surface area contributed by atoms with Gasteiger partial charge in [0.2, 0.25) is 0 Å². The highest BCUT2D eigenvalue weighted by atomic mass is 13.8. The topological polar surface area (TPSA) is 0 Å². The fourth-order valence-electron chi connectivity index (χ4n) is 0.463. The molecule has 0 atom stereocenters. The molecule has 0 aliphatic carbocycles. The van der Waals surface area contributed by atoms with Crippen LogP contribution in [0.15, 0.2) is 17.9 Å². The predicted octanol–water partition coefficient (Wildman–Crippen LogP) is 3.54. The molecule has 0 spiro atoms. The van der Waals surface area contributed by atoms with Crippen molar-refractivity contribution in [3.8, 4) is 0 Å². The number of hydrogen-bond acceptors (Lipinski definition) is 0. The van der Waals surface area contributed by atoms with Crippen LogP contribution in [-0.4, -0.2) is 0 Å². The Morgan fingerprint density at radius 1 is 1.44 bits per heavy atom. The fourth-order valence-corrected chi connectivity index (χ4v) is 0.463. The summed E-state index contributed by atoms with van der Waals surface area (Å²) in [6.07, 6.45) is 2.35. The van der Waals surface area contributed by atoms with Crippen LogP contribution in [0.2, 0.25) is 0 Å². The Labute approximate surface area is 59.3 Å². The van der Waals surface area contributed by atoms with Crippen molar-refractivity contribution in [2.24, 2.45) is 0 Å². The zero-order chi connectivity index (χ0) is 7.70. The van der Waals surface area contributed by atoms with Gasteiger partial charge in [-0.05, 0) is 18.9 Å². The Bertz CT molecular complexity index is 84.2. The van der Waals surface area contributed by atoms with Gasteiger partial charge in [-0.1, -0.05) is 33.8 Å². The Kier molecular flexibility index (Phi) is 13.2. The van der Waals surface area contributed by atoms with Gasteiger partial charge >= 0.3 is 0 Å². The number of rotatable bonds is 2. The molecule has 0 saturated heterocycles. The van der Waals surface area contributed by atoms with Crippen LogP contribution in [0.1, 0.15) is 40.5 Å². The van der Waals surface area contributed by atoms with E-state index in [-0.39, 0.29) is 0 Å². The van der Waals surface area contributed by atoms with Crippen LogP contribution in [-0.2, 0) is 0 Å². The first-order valence-electron chi connectivity index (χ1n) is 3.66. The Hall–Kier alpha value is -0.480. The van der Waals surface area contributed by atoms with Crippen molar-refractivity contribution in [2.75, 3.05) is 0 Å². The molecule has 0 unspecified atom stereocenters. The molecule has 0 N–H and O–H groups in total. The predicted molar refractivity (Wildman–Crippen MR) is 44.6 cm³/mol. The second-order valence-corrected chi connectivity index (χ2v) is 1.71. The van der Waals surface area contributed by atoms with Gasteiger partial charge in [-0.15, -0.1) is 5.73 Å². The maximum Gasteiger partial charge on any atom is -0.0250 e. The van der Waals surface area contributed by atoms with E-state index in [1.165, 1.54) is 12.0 Å². The summed E-state index contributed by atoms with van der Waals surface area (Å²) in [5.41, 5.74) is 4.10. The van der Waals surface area contributed by atoms with Crippen LogP contribution < -0.4 is 0 Å². The fraction of sp³-hybridized carbons (Fsp3) is 0.667. The summed E-state index contributed by atoms with van der Waals surface area (Å²) >= 11 is 0. The SMILES string of the molecule is C=C=C(C)CCC.CC. The van der Waals surface area contributed by atoms with Crippen LogP contribution in [0.4, 0.5) is 0 Å². The van der Waals surface area contributed by atoms with Crippen LogP contribution in [0.25, 0.3) is 0 Å². The summed E-state index contributed by atoms with van der Waals surface area (Å²) in [7, 11) is 0. The quantitative estimate of drug-likeness (QED) is 0.496. The zero-order valence-corrected chi connectivity index (χ0v) is 7.12. The molecule has 0 heterocycles. The lowest BCUT2D eigenvalue weighted by Gasteiger charge is -1.87. The van der Waals surface area contributed by atoms with E-state index in [1.54, 1.807) is 0 Å². The van der Waals surface area contributed by atoms with E-state index in [0.29, 0.717) is 0 Å². The third-order valence-corrected chi connectivity index (χ3v) is 0.927. The first kappa shape index (κ1) is 11.3. The molecule has 0 bridgehead atoms. The van der Waals surface area contributed by atoms with E-state index in [9.17, 15) is 0 Å². The van der Waals surface area contributed by atoms with Gasteiger partial charge in [-0.25, -0.2) is 0 Å². The maximum absolute atomic E-state index is 3.52. The van der Waals surface area contributed by atoms with Gasteiger partial charge in [-0.3, -0.25) is 0 Å². The normalized spacial score (nSPS) is 6.67. The average molecular weight is 126 g/mol. The van der Waals surface area contributed by atoms with Gasteiger partial charge in [0.25, 0.3) is 0 Å². The van der Waals surface area contributed by atoms with Gasteiger partial charge in [0.05, 0.1) is 0 Å². The molecule has 0 rings (SSSR count). The molecule has 0 heteroatoms. The number of allylic oxidation sites excluding steroid dienone is 1. The van der Waals surface area contributed by atoms with Gasteiger partial charge in [-0.2, -0.15) is 0 Å². The second-order valence-electron chi connectivity index (χ2n) is 1.71. The van der Waals surface area contributed by atoms with Crippen molar-refractivity contribution in [1.29, 1.82) is 0 Å². The second kappa shape index (κ2) is 10.5. The number of hydrogen-bond donors (Lipinski definition) is 0. The highest BCUT2D eigenvalue weighted by Gasteiger charge is 1.79. The molecule has 0 aromatic heterocycles. The van der Waals surface area contributed by atoms with Crippen molar-refractivity contribution in [1.82, 2.24) is 0 Å². The molecular weight excluding hydrogens is 108 g/mol. The van der Waals surface area contributed by atoms with Crippen molar-refractivity contribution < 1.29 is 0 Å².